The van der Waals surface area contributed by atoms with Gasteiger partial charge in [0.05, 0.1) is 18.3 Å². The molecule has 0 bridgehead atoms. The van der Waals surface area contributed by atoms with E-state index in [2.05, 4.69) is 16.2 Å². The fraction of sp³-hybridized carbons (Fsp3) is 0.357. The molecule has 0 atom stereocenters. The van der Waals surface area contributed by atoms with Gasteiger partial charge in [-0.2, -0.15) is 0 Å². The third-order valence-electron chi connectivity index (χ3n) is 3.12. The molecule has 0 unspecified atom stereocenters. The van der Waals surface area contributed by atoms with Crippen LogP contribution in [0.5, 0.6) is 0 Å². The monoisotopic (exact) mass is 289 g/mol. The van der Waals surface area contributed by atoms with Crippen molar-refractivity contribution in [2.24, 2.45) is 0 Å². The summed E-state index contributed by atoms with van der Waals surface area (Å²) >= 11 is 1.51. The van der Waals surface area contributed by atoms with Gasteiger partial charge < -0.3 is 5.32 Å². The summed E-state index contributed by atoms with van der Waals surface area (Å²) in [6, 6.07) is 0. The second-order valence-corrected chi connectivity index (χ2v) is 5.64. The van der Waals surface area contributed by atoms with E-state index < -0.39 is 0 Å². The Hall–Kier alpha value is -2.13. The molecule has 0 saturated heterocycles. The number of fused-ring (bicyclic) bond motifs is 1. The number of terminal acetylenes is 1. The summed E-state index contributed by atoms with van der Waals surface area (Å²) in [5.74, 6) is 2.16. The van der Waals surface area contributed by atoms with Crippen LogP contribution in [0.3, 0.4) is 0 Å². The Morgan fingerprint density at radius 1 is 1.55 bits per heavy atom. The van der Waals surface area contributed by atoms with Gasteiger partial charge >= 0.3 is 0 Å². The van der Waals surface area contributed by atoms with Crippen molar-refractivity contribution >= 4 is 27.5 Å². The van der Waals surface area contributed by atoms with E-state index in [0.717, 1.165) is 15.3 Å². The van der Waals surface area contributed by atoms with Crippen LogP contribution in [0.2, 0.25) is 0 Å². The van der Waals surface area contributed by atoms with Crippen LogP contribution in [0.25, 0.3) is 10.2 Å². The zero-order chi connectivity index (χ0) is 14.7. The molecule has 1 N–H and O–H groups in total. The second-order valence-electron chi connectivity index (χ2n) is 4.44. The highest BCUT2D eigenvalue weighted by molar-refractivity contribution is 7.18. The van der Waals surface area contributed by atoms with Crippen molar-refractivity contribution in [2.45, 2.75) is 26.8 Å². The lowest BCUT2D eigenvalue weighted by Gasteiger charge is -2.05. The first-order chi connectivity index (χ1) is 9.54. The minimum absolute atomic E-state index is 0.0957. The van der Waals surface area contributed by atoms with Crippen molar-refractivity contribution in [3.8, 4) is 12.3 Å². The molecule has 0 aromatic carbocycles. The zero-order valence-corrected chi connectivity index (χ0v) is 12.2. The minimum atomic E-state index is -0.173. The predicted octanol–water partition coefficient (Wildman–Crippen LogP) is 1.21. The molecule has 2 heterocycles. The van der Waals surface area contributed by atoms with Gasteiger partial charge in [0.15, 0.2) is 0 Å². The van der Waals surface area contributed by atoms with E-state index in [-0.39, 0.29) is 24.4 Å². The number of nitrogens with one attached hydrogen (secondary N) is 1. The van der Waals surface area contributed by atoms with Crippen molar-refractivity contribution in [3.05, 3.63) is 27.1 Å². The molecule has 0 aliphatic heterocycles. The summed E-state index contributed by atoms with van der Waals surface area (Å²) in [5.41, 5.74) is 0.871. The molecular weight excluding hydrogens is 274 g/mol. The maximum Gasteiger partial charge on any atom is 0.262 e. The molecule has 2 rings (SSSR count). The number of carbonyl (C=O) groups is 1. The Morgan fingerprint density at radius 2 is 2.30 bits per heavy atom. The summed E-state index contributed by atoms with van der Waals surface area (Å²) in [5, 5.41) is 3.22. The van der Waals surface area contributed by atoms with Crippen molar-refractivity contribution in [1.82, 2.24) is 14.9 Å². The van der Waals surface area contributed by atoms with Crippen LogP contribution in [-0.4, -0.2) is 22.0 Å². The Morgan fingerprint density at radius 3 is 3.00 bits per heavy atom. The molecule has 2 aromatic rings. The van der Waals surface area contributed by atoms with Crippen LogP contribution < -0.4 is 10.9 Å². The molecule has 2 aromatic heterocycles. The van der Waals surface area contributed by atoms with Gasteiger partial charge in [0.25, 0.3) is 5.56 Å². The van der Waals surface area contributed by atoms with E-state index in [1.165, 1.54) is 22.2 Å². The fourth-order valence-electron chi connectivity index (χ4n) is 1.89. The van der Waals surface area contributed by atoms with Gasteiger partial charge in [-0.3, -0.25) is 14.2 Å². The van der Waals surface area contributed by atoms with Crippen LogP contribution in [0.1, 0.15) is 16.9 Å². The molecule has 5 nitrogen and oxygen atoms in total. The number of thiophene rings is 1. The number of rotatable bonds is 4. The summed E-state index contributed by atoms with van der Waals surface area (Å²) in [6.07, 6.45) is 6.76. The van der Waals surface area contributed by atoms with Gasteiger partial charge in [0.2, 0.25) is 5.91 Å². The molecule has 0 fully saturated rings. The predicted molar refractivity (Wildman–Crippen MR) is 79.8 cm³/mol. The van der Waals surface area contributed by atoms with Gasteiger partial charge in [0, 0.05) is 17.8 Å². The average Bonchev–Trinajstić information content (AvgIpc) is 2.72. The largest absolute Gasteiger partial charge is 0.345 e. The van der Waals surface area contributed by atoms with Crippen LogP contribution in [0.15, 0.2) is 11.1 Å². The van der Waals surface area contributed by atoms with E-state index in [1.807, 2.05) is 13.8 Å². The molecule has 20 heavy (non-hydrogen) atoms. The van der Waals surface area contributed by atoms with Gasteiger partial charge in [0.1, 0.15) is 4.83 Å². The SMILES string of the molecule is C#CCNC(=O)CCn1cnc2sc(C)c(C)c2c1=O. The molecule has 104 valence electrons. The molecule has 0 radical (unpaired) electrons. The Kier molecular flexibility index (Phi) is 4.20. The third kappa shape index (κ3) is 2.73. The van der Waals surface area contributed by atoms with Crippen molar-refractivity contribution in [3.63, 3.8) is 0 Å². The van der Waals surface area contributed by atoms with E-state index >= 15 is 0 Å². The number of hydrogen-bond acceptors (Lipinski definition) is 4. The maximum atomic E-state index is 12.4. The molecule has 0 saturated carbocycles. The first-order valence-electron chi connectivity index (χ1n) is 6.20. The quantitative estimate of drug-likeness (QED) is 0.861. The van der Waals surface area contributed by atoms with E-state index in [0.29, 0.717) is 11.9 Å². The maximum absolute atomic E-state index is 12.4. The molecule has 0 aliphatic carbocycles. The number of aromatic nitrogens is 2. The van der Waals surface area contributed by atoms with E-state index in [1.54, 1.807) is 0 Å². The lowest BCUT2D eigenvalue weighted by molar-refractivity contribution is -0.121. The lowest BCUT2D eigenvalue weighted by Crippen LogP contribution is -2.27. The van der Waals surface area contributed by atoms with Crippen LogP contribution in [0.4, 0.5) is 0 Å². The van der Waals surface area contributed by atoms with Crippen LogP contribution in [-0.2, 0) is 11.3 Å². The molecule has 0 spiro atoms. The first-order valence-corrected chi connectivity index (χ1v) is 7.01. The average molecular weight is 289 g/mol. The van der Waals surface area contributed by atoms with Gasteiger partial charge in [-0.25, -0.2) is 4.98 Å². The number of aryl methyl sites for hydroxylation is 3. The van der Waals surface area contributed by atoms with E-state index in [4.69, 9.17) is 6.42 Å². The fourth-order valence-corrected chi connectivity index (χ4v) is 2.88. The van der Waals surface area contributed by atoms with Crippen molar-refractivity contribution < 1.29 is 4.79 Å². The summed E-state index contributed by atoms with van der Waals surface area (Å²) < 4.78 is 1.47. The Bertz CT molecular complexity index is 752. The van der Waals surface area contributed by atoms with Crippen LogP contribution in [0, 0.1) is 26.2 Å². The molecule has 1 amide bonds. The Balaban J connectivity index is 2.22. The second kappa shape index (κ2) is 5.88. The number of carbonyl (C=O) groups excluding carboxylic acids is 1. The highest BCUT2D eigenvalue weighted by atomic mass is 32.1. The first kappa shape index (κ1) is 14.3. The molecular formula is C14H15N3O2S. The number of nitrogens with zero attached hydrogens (tertiary/aromatic N) is 2. The summed E-state index contributed by atoms with van der Waals surface area (Å²) in [4.78, 5) is 30.0. The minimum Gasteiger partial charge on any atom is -0.345 e. The molecule has 6 heteroatoms. The summed E-state index contributed by atoms with van der Waals surface area (Å²) in [7, 11) is 0. The van der Waals surface area contributed by atoms with Gasteiger partial charge in [-0.15, -0.1) is 17.8 Å². The number of hydrogen-bond donors (Lipinski definition) is 1. The van der Waals surface area contributed by atoms with E-state index in [9.17, 15) is 9.59 Å². The normalized spacial score (nSPS) is 10.4. The van der Waals surface area contributed by atoms with Gasteiger partial charge in [-0.05, 0) is 19.4 Å². The Labute approximate surface area is 120 Å². The molecule has 0 aliphatic rings. The van der Waals surface area contributed by atoms with Crippen LogP contribution >= 0.6 is 11.3 Å². The lowest BCUT2D eigenvalue weighted by atomic mass is 10.2. The smallest absolute Gasteiger partial charge is 0.262 e. The van der Waals surface area contributed by atoms with Gasteiger partial charge in [-0.1, -0.05) is 5.92 Å². The van der Waals surface area contributed by atoms with Crippen molar-refractivity contribution in [2.75, 3.05) is 6.54 Å². The topological polar surface area (TPSA) is 64.0 Å². The number of amides is 1. The summed E-state index contributed by atoms with van der Waals surface area (Å²) in [6.45, 7) is 4.39. The standard InChI is InChI=1S/C14H15N3O2S/c1-4-6-15-11(18)5-7-17-8-16-13-12(14(17)19)9(2)10(3)20-13/h1,8H,5-7H2,2-3H3,(H,15,18). The highest BCUT2D eigenvalue weighted by Gasteiger charge is 2.12. The highest BCUT2D eigenvalue weighted by Crippen LogP contribution is 2.25. The van der Waals surface area contributed by atoms with Crippen molar-refractivity contribution in [1.29, 1.82) is 0 Å². The zero-order valence-electron chi connectivity index (χ0n) is 11.4. The third-order valence-corrected chi connectivity index (χ3v) is 4.24.